The summed E-state index contributed by atoms with van der Waals surface area (Å²) >= 11 is 1.33. The summed E-state index contributed by atoms with van der Waals surface area (Å²) in [4.78, 5) is 27.3. The third-order valence-corrected chi connectivity index (χ3v) is 6.91. The highest BCUT2D eigenvalue weighted by Crippen LogP contribution is 2.52. The van der Waals surface area contributed by atoms with Crippen molar-refractivity contribution in [2.45, 2.75) is 46.1 Å². The van der Waals surface area contributed by atoms with Gasteiger partial charge < -0.3 is 10.6 Å². The van der Waals surface area contributed by atoms with E-state index in [0.717, 1.165) is 30.5 Å². The van der Waals surface area contributed by atoms with Gasteiger partial charge in [-0.2, -0.15) is 0 Å². The lowest BCUT2D eigenvalue weighted by Gasteiger charge is -2.39. The van der Waals surface area contributed by atoms with E-state index in [1.807, 2.05) is 29.6 Å². The number of thiophene rings is 1. The van der Waals surface area contributed by atoms with Crippen molar-refractivity contribution in [3.05, 3.63) is 46.2 Å². The molecule has 2 aliphatic rings. The molecule has 2 unspecified atom stereocenters. The van der Waals surface area contributed by atoms with E-state index in [4.69, 9.17) is 5.73 Å². The van der Waals surface area contributed by atoms with Gasteiger partial charge in [-0.3, -0.25) is 9.59 Å². The fourth-order valence-electron chi connectivity index (χ4n) is 5.31. The molecule has 2 atom stereocenters. The molecular weight excluding hydrogens is 356 g/mol. The van der Waals surface area contributed by atoms with Gasteiger partial charge in [-0.25, -0.2) is 0 Å². The zero-order valence-electron chi connectivity index (χ0n) is 16.1. The molecule has 5 heteroatoms. The first-order chi connectivity index (χ1) is 12.7. The topological polar surface area (TPSA) is 63.4 Å². The molecule has 1 saturated heterocycles. The summed E-state index contributed by atoms with van der Waals surface area (Å²) in [5.74, 6) is -0.299. The number of fused-ring (bicyclic) bond motifs is 2. The molecule has 2 N–H and O–H groups in total. The van der Waals surface area contributed by atoms with Crippen LogP contribution in [0.4, 0.5) is 0 Å². The molecule has 2 bridgehead atoms. The average Bonchev–Trinajstić information content (AvgIpc) is 3.16. The van der Waals surface area contributed by atoms with Crippen molar-refractivity contribution in [3.63, 3.8) is 0 Å². The Morgan fingerprint density at radius 1 is 1.15 bits per heavy atom. The standard InChI is InChI=1S/C22H26N2O2S/c1-21(2)9-17-10-22(3,12-21)13-24(17)20(26)15-6-4-5-14(7-15)16-8-18(19(23)25)27-11-16/h4-8,11,17H,9-10,12-13H2,1-3H3,(H2,23,25). The summed E-state index contributed by atoms with van der Waals surface area (Å²) in [5.41, 5.74) is 8.46. The summed E-state index contributed by atoms with van der Waals surface area (Å²) in [7, 11) is 0. The van der Waals surface area contributed by atoms with Crippen molar-refractivity contribution in [2.75, 3.05) is 6.54 Å². The number of hydrogen-bond acceptors (Lipinski definition) is 3. The van der Waals surface area contributed by atoms with E-state index in [9.17, 15) is 9.59 Å². The van der Waals surface area contributed by atoms with E-state index >= 15 is 0 Å². The SMILES string of the molecule is CC1(C)CC2CC(C)(CN2C(=O)c2cccc(-c3csc(C(N)=O)c3)c2)C1. The van der Waals surface area contributed by atoms with Crippen LogP contribution in [0.1, 0.15) is 60.1 Å². The normalized spacial score (nSPS) is 26.2. The van der Waals surface area contributed by atoms with Crippen LogP contribution in [-0.2, 0) is 0 Å². The number of nitrogens with two attached hydrogens (primary N) is 1. The Kier molecular flexibility index (Phi) is 4.18. The van der Waals surface area contributed by atoms with E-state index in [1.165, 1.54) is 17.8 Å². The Hall–Kier alpha value is -2.14. The van der Waals surface area contributed by atoms with E-state index in [-0.39, 0.29) is 16.7 Å². The Balaban J connectivity index is 1.61. The van der Waals surface area contributed by atoms with Crippen LogP contribution >= 0.6 is 11.3 Å². The van der Waals surface area contributed by atoms with Gasteiger partial charge in [0.1, 0.15) is 0 Å². The zero-order chi connectivity index (χ0) is 19.4. The molecule has 1 aliphatic heterocycles. The van der Waals surface area contributed by atoms with E-state index < -0.39 is 5.91 Å². The lowest BCUT2D eigenvalue weighted by atomic mass is 9.65. The number of amides is 2. The van der Waals surface area contributed by atoms with Gasteiger partial charge in [0, 0.05) is 18.2 Å². The summed E-state index contributed by atoms with van der Waals surface area (Å²) in [6.45, 7) is 7.80. The van der Waals surface area contributed by atoms with Gasteiger partial charge in [0.25, 0.3) is 11.8 Å². The van der Waals surface area contributed by atoms with Crippen molar-refractivity contribution in [1.82, 2.24) is 4.90 Å². The number of carbonyl (C=O) groups excluding carboxylic acids is 2. The zero-order valence-corrected chi connectivity index (χ0v) is 16.9. The molecule has 1 aliphatic carbocycles. The quantitative estimate of drug-likeness (QED) is 0.846. The molecule has 4 nitrogen and oxygen atoms in total. The van der Waals surface area contributed by atoms with E-state index in [2.05, 4.69) is 25.7 Å². The summed E-state index contributed by atoms with van der Waals surface area (Å²) in [5, 5.41) is 1.91. The minimum Gasteiger partial charge on any atom is -0.365 e. The van der Waals surface area contributed by atoms with Crippen molar-refractivity contribution < 1.29 is 9.59 Å². The third kappa shape index (κ3) is 3.41. The van der Waals surface area contributed by atoms with Crippen LogP contribution in [0, 0.1) is 10.8 Å². The van der Waals surface area contributed by atoms with E-state index in [1.54, 1.807) is 6.07 Å². The van der Waals surface area contributed by atoms with Crippen LogP contribution in [0.25, 0.3) is 11.1 Å². The van der Waals surface area contributed by atoms with Gasteiger partial charge in [0.05, 0.1) is 4.88 Å². The van der Waals surface area contributed by atoms with Crippen molar-refractivity contribution in [3.8, 4) is 11.1 Å². The first-order valence-corrected chi connectivity index (χ1v) is 10.3. The minimum atomic E-state index is -0.418. The molecule has 4 rings (SSSR count). The Morgan fingerprint density at radius 2 is 1.93 bits per heavy atom. The van der Waals surface area contributed by atoms with Gasteiger partial charge in [0.2, 0.25) is 0 Å². The highest BCUT2D eigenvalue weighted by Gasteiger charge is 2.51. The summed E-state index contributed by atoms with van der Waals surface area (Å²) < 4.78 is 0. The molecule has 0 radical (unpaired) electrons. The van der Waals surface area contributed by atoms with Gasteiger partial charge in [-0.1, -0.05) is 32.9 Å². The number of benzene rings is 1. The predicted molar refractivity (Wildman–Crippen MR) is 109 cm³/mol. The lowest BCUT2D eigenvalue weighted by molar-refractivity contribution is 0.0708. The monoisotopic (exact) mass is 382 g/mol. The maximum absolute atomic E-state index is 13.3. The molecule has 2 amide bonds. The van der Waals surface area contributed by atoms with Gasteiger partial charge in [-0.05, 0) is 64.8 Å². The second kappa shape index (κ2) is 6.20. The molecule has 27 heavy (non-hydrogen) atoms. The van der Waals surface area contributed by atoms with E-state index in [0.29, 0.717) is 16.5 Å². The maximum Gasteiger partial charge on any atom is 0.258 e. The van der Waals surface area contributed by atoms with Gasteiger partial charge >= 0.3 is 0 Å². The van der Waals surface area contributed by atoms with Crippen LogP contribution in [0.15, 0.2) is 35.7 Å². The Morgan fingerprint density at radius 3 is 2.63 bits per heavy atom. The van der Waals surface area contributed by atoms with Crippen LogP contribution < -0.4 is 5.73 Å². The first-order valence-electron chi connectivity index (χ1n) is 9.46. The number of nitrogens with zero attached hydrogens (tertiary/aromatic N) is 1. The molecule has 1 saturated carbocycles. The number of primary amides is 1. The van der Waals surface area contributed by atoms with Crippen molar-refractivity contribution in [2.24, 2.45) is 16.6 Å². The fraction of sp³-hybridized carbons (Fsp3) is 0.455. The molecule has 2 fully saturated rings. The van der Waals surface area contributed by atoms with Crippen LogP contribution in [0.5, 0.6) is 0 Å². The number of hydrogen-bond donors (Lipinski definition) is 1. The van der Waals surface area contributed by atoms with Gasteiger partial charge in [0.15, 0.2) is 0 Å². The largest absolute Gasteiger partial charge is 0.365 e. The van der Waals surface area contributed by atoms with Gasteiger partial charge in [-0.15, -0.1) is 11.3 Å². The molecular formula is C22H26N2O2S. The number of carbonyl (C=O) groups is 2. The second-order valence-electron chi connectivity index (χ2n) is 9.29. The minimum absolute atomic E-state index is 0.119. The molecule has 2 heterocycles. The first kappa shape index (κ1) is 18.2. The Labute approximate surface area is 164 Å². The van der Waals surface area contributed by atoms with Crippen LogP contribution in [0.2, 0.25) is 0 Å². The molecule has 142 valence electrons. The highest BCUT2D eigenvalue weighted by molar-refractivity contribution is 7.12. The molecule has 2 aromatic rings. The smallest absolute Gasteiger partial charge is 0.258 e. The van der Waals surface area contributed by atoms with Crippen LogP contribution in [0.3, 0.4) is 0 Å². The highest BCUT2D eigenvalue weighted by atomic mass is 32.1. The predicted octanol–water partition coefficient (Wildman–Crippen LogP) is 4.55. The van der Waals surface area contributed by atoms with Crippen molar-refractivity contribution in [1.29, 1.82) is 0 Å². The molecule has 1 aromatic carbocycles. The fourth-order valence-corrected chi connectivity index (χ4v) is 6.08. The average molecular weight is 383 g/mol. The second-order valence-corrected chi connectivity index (χ2v) is 10.2. The maximum atomic E-state index is 13.3. The summed E-state index contributed by atoms with van der Waals surface area (Å²) in [6.07, 6.45) is 3.35. The van der Waals surface area contributed by atoms with Crippen molar-refractivity contribution >= 4 is 23.2 Å². The Bertz CT molecular complexity index is 917. The third-order valence-electron chi connectivity index (χ3n) is 5.96. The lowest BCUT2D eigenvalue weighted by Crippen LogP contribution is -2.37. The van der Waals surface area contributed by atoms with Crippen LogP contribution in [-0.4, -0.2) is 29.3 Å². The summed E-state index contributed by atoms with van der Waals surface area (Å²) in [6, 6.07) is 9.84. The molecule has 1 aromatic heterocycles. The molecule has 0 spiro atoms. The number of likely N-dealkylation sites (tertiary alicyclic amines) is 1. The number of rotatable bonds is 3.